The Labute approximate surface area is 228 Å². The zero-order chi connectivity index (χ0) is 27.3. The number of anilines is 1. The first-order valence-corrected chi connectivity index (χ1v) is 14.9. The highest BCUT2D eigenvalue weighted by molar-refractivity contribution is 7.89. The van der Waals surface area contributed by atoms with Gasteiger partial charge in [-0.1, -0.05) is 20.8 Å². The van der Waals surface area contributed by atoms with Crippen LogP contribution in [0.4, 0.5) is 5.13 Å². The fourth-order valence-electron chi connectivity index (χ4n) is 6.24. The van der Waals surface area contributed by atoms with Crippen molar-refractivity contribution in [3.8, 4) is 22.8 Å². The number of amides is 1. The first-order chi connectivity index (χ1) is 17.9. The number of aromatic nitrogens is 1. The van der Waals surface area contributed by atoms with Gasteiger partial charge in [0, 0.05) is 35.2 Å². The van der Waals surface area contributed by atoms with E-state index in [0.29, 0.717) is 34.4 Å². The van der Waals surface area contributed by atoms with Gasteiger partial charge in [-0.3, -0.25) is 10.1 Å². The molecule has 3 aromatic rings. The second-order valence-electron chi connectivity index (χ2n) is 11.3. The Kier molecular flexibility index (Phi) is 6.77. The van der Waals surface area contributed by atoms with Gasteiger partial charge in [0.05, 0.1) is 24.8 Å². The lowest BCUT2D eigenvalue weighted by Gasteiger charge is -2.39. The van der Waals surface area contributed by atoms with E-state index in [1.54, 1.807) is 36.7 Å². The van der Waals surface area contributed by atoms with Gasteiger partial charge in [0.15, 0.2) is 5.13 Å². The molecule has 2 heterocycles. The quantitative estimate of drug-likeness (QED) is 0.404. The van der Waals surface area contributed by atoms with Gasteiger partial charge in [0.2, 0.25) is 10.0 Å². The number of sulfonamides is 1. The number of methoxy groups -OCH3 is 2. The summed E-state index contributed by atoms with van der Waals surface area (Å²) in [4.78, 5) is 17.6. The largest absolute Gasteiger partial charge is 0.497 e. The predicted octanol–water partition coefficient (Wildman–Crippen LogP) is 5.67. The van der Waals surface area contributed by atoms with Crippen molar-refractivity contribution in [2.24, 2.45) is 10.8 Å². The summed E-state index contributed by atoms with van der Waals surface area (Å²) in [6.45, 7) is 7.18. The van der Waals surface area contributed by atoms with Crippen LogP contribution in [0.3, 0.4) is 0 Å². The molecule has 2 aliphatic rings. The van der Waals surface area contributed by atoms with E-state index in [-0.39, 0.29) is 27.7 Å². The lowest BCUT2D eigenvalue weighted by molar-refractivity contribution is 0.102. The Balaban J connectivity index is 1.30. The first-order valence-electron chi connectivity index (χ1n) is 12.5. The highest BCUT2D eigenvalue weighted by Crippen LogP contribution is 2.53. The smallest absolute Gasteiger partial charge is 0.257 e. The number of ether oxygens (including phenoxy) is 2. The van der Waals surface area contributed by atoms with E-state index in [2.05, 4.69) is 31.1 Å². The van der Waals surface area contributed by atoms with E-state index in [1.165, 1.54) is 23.5 Å². The molecule has 1 N–H and O–H groups in total. The Morgan fingerprint density at radius 3 is 2.50 bits per heavy atom. The van der Waals surface area contributed by atoms with Crippen LogP contribution in [-0.4, -0.2) is 50.4 Å². The summed E-state index contributed by atoms with van der Waals surface area (Å²) in [7, 11) is -0.485. The number of benzene rings is 2. The lowest BCUT2D eigenvalue weighted by atomic mass is 9.65. The van der Waals surface area contributed by atoms with Crippen molar-refractivity contribution in [3.05, 3.63) is 53.4 Å². The number of hydrogen-bond donors (Lipinski definition) is 1. The molecule has 8 nitrogen and oxygen atoms in total. The van der Waals surface area contributed by atoms with Gasteiger partial charge in [0.25, 0.3) is 5.91 Å². The Hall–Kier alpha value is -2.95. The average molecular weight is 556 g/mol. The fourth-order valence-corrected chi connectivity index (χ4v) is 8.72. The molecule has 0 radical (unpaired) electrons. The van der Waals surface area contributed by atoms with Gasteiger partial charge in [-0.05, 0) is 66.5 Å². The number of hydrogen-bond acceptors (Lipinski definition) is 7. The number of carbonyl (C=O) groups excluding carboxylic acids is 1. The molecule has 2 atom stereocenters. The molecule has 1 saturated carbocycles. The van der Waals surface area contributed by atoms with Crippen molar-refractivity contribution >= 4 is 32.4 Å². The Morgan fingerprint density at radius 2 is 1.82 bits per heavy atom. The minimum atomic E-state index is -3.65. The number of thiazole rings is 1. The molecule has 2 bridgehead atoms. The number of nitrogens with zero attached hydrogens (tertiary/aromatic N) is 2. The maximum atomic E-state index is 13.5. The molecule has 2 fully saturated rings. The van der Waals surface area contributed by atoms with Crippen LogP contribution in [0, 0.1) is 10.8 Å². The zero-order valence-corrected chi connectivity index (χ0v) is 23.9. The van der Waals surface area contributed by atoms with Crippen molar-refractivity contribution in [2.45, 2.75) is 51.0 Å². The predicted molar refractivity (Wildman–Crippen MR) is 148 cm³/mol. The monoisotopic (exact) mass is 555 g/mol. The van der Waals surface area contributed by atoms with E-state index in [9.17, 15) is 13.2 Å². The number of fused-ring (bicyclic) bond motifs is 2. The minimum absolute atomic E-state index is 0.00170. The standard InChI is InChI=1S/C28H33N3O5S2/c1-27(2)13-19-14-28(3,16-27)17-31(19)38(33,34)21-9-6-18(7-10-21)25(32)30-26-29-23(15-37-26)22-11-8-20(35-4)12-24(22)36-5/h6-12,15,19H,13-14,16-17H2,1-5H3,(H,29,30,32). The summed E-state index contributed by atoms with van der Waals surface area (Å²) >= 11 is 1.30. The van der Waals surface area contributed by atoms with Crippen LogP contribution < -0.4 is 14.8 Å². The van der Waals surface area contributed by atoms with Crippen molar-refractivity contribution < 1.29 is 22.7 Å². The number of nitrogens with one attached hydrogen (secondary N) is 1. The molecule has 202 valence electrons. The van der Waals surface area contributed by atoms with E-state index in [4.69, 9.17) is 9.47 Å². The molecule has 1 aliphatic carbocycles. The number of rotatable bonds is 7. The summed E-state index contributed by atoms with van der Waals surface area (Å²) in [6, 6.07) is 11.6. The van der Waals surface area contributed by atoms with Crippen molar-refractivity contribution in [1.29, 1.82) is 0 Å². The highest BCUT2D eigenvalue weighted by Gasteiger charge is 2.53. The van der Waals surface area contributed by atoms with Gasteiger partial charge in [-0.15, -0.1) is 11.3 Å². The molecule has 0 spiro atoms. The Morgan fingerprint density at radius 1 is 1.08 bits per heavy atom. The molecule has 1 aromatic heterocycles. The van der Waals surface area contributed by atoms with Crippen molar-refractivity contribution in [3.63, 3.8) is 0 Å². The van der Waals surface area contributed by atoms with Crippen LogP contribution in [0.1, 0.15) is 50.4 Å². The molecule has 1 saturated heterocycles. The van der Waals surface area contributed by atoms with Gasteiger partial charge in [-0.2, -0.15) is 4.31 Å². The summed E-state index contributed by atoms with van der Waals surface area (Å²) < 4.78 is 39.5. The van der Waals surface area contributed by atoms with Gasteiger partial charge < -0.3 is 9.47 Å². The third-order valence-electron chi connectivity index (χ3n) is 7.50. The van der Waals surface area contributed by atoms with Gasteiger partial charge in [-0.25, -0.2) is 13.4 Å². The SMILES string of the molecule is COc1ccc(-c2csc(NC(=O)c3ccc(S(=O)(=O)N4CC5(C)CC4CC(C)(C)C5)cc3)n2)c(OC)c1. The molecule has 1 aliphatic heterocycles. The summed E-state index contributed by atoms with van der Waals surface area (Å²) in [5, 5.41) is 5.08. The van der Waals surface area contributed by atoms with Crippen LogP contribution in [0.2, 0.25) is 0 Å². The summed E-state index contributed by atoms with van der Waals surface area (Å²) in [6.07, 6.45) is 2.78. The first kappa shape index (κ1) is 26.6. The van der Waals surface area contributed by atoms with E-state index in [0.717, 1.165) is 24.8 Å². The van der Waals surface area contributed by atoms with Crippen LogP contribution in [0.15, 0.2) is 52.7 Å². The topological polar surface area (TPSA) is 97.8 Å². The van der Waals surface area contributed by atoms with Crippen LogP contribution in [-0.2, 0) is 10.0 Å². The van der Waals surface area contributed by atoms with Crippen molar-refractivity contribution in [1.82, 2.24) is 9.29 Å². The molecule has 5 rings (SSSR count). The third kappa shape index (κ3) is 5.04. The molecule has 10 heteroatoms. The molecular weight excluding hydrogens is 522 g/mol. The maximum absolute atomic E-state index is 13.5. The molecule has 2 unspecified atom stereocenters. The van der Waals surface area contributed by atoms with Gasteiger partial charge >= 0.3 is 0 Å². The van der Waals surface area contributed by atoms with Crippen LogP contribution >= 0.6 is 11.3 Å². The molecule has 1 amide bonds. The molecular formula is C28H33N3O5S2. The van der Waals surface area contributed by atoms with E-state index < -0.39 is 10.0 Å². The van der Waals surface area contributed by atoms with E-state index >= 15 is 0 Å². The zero-order valence-electron chi connectivity index (χ0n) is 22.3. The number of carbonyl (C=O) groups is 1. The summed E-state index contributed by atoms with van der Waals surface area (Å²) in [5.41, 5.74) is 1.93. The second kappa shape index (κ2) is 9.66. The maximum Gasteiger partial charge on any atom is 0.257 e. The van der Waals surface area contributed by atoms with Crippen LogP contribution in [0.5, 0.6) is 11.5 Å². The Bertz CT molecular complexity index is 1470. The summed E-state index contributed by atoms with van der Waals surface area (Å²) in [5.74, 6) is 0.928. The average Bonchev–Trinajstić information content (AvgIpc) is 3.44. The van der Waals surface area contributed by atoms with E-state index in [1.807, 2.05) is 17.5 Å². The highest BCUT2D eigenvalue weighted by atomic mass is 32.2. The molecule has 38 heavy (non-hydrogen) atoms. The lowest BCUT2D eigenvalue weighted by Crippen LogP contribution is -2.37. The fraction of sp³-hybridized carbons (Fsp3) is 0.429. The normalized spacial score (nSPS) is 22.7. The second-order valence-corrected chi connectivity index (χ2v) is 14.1. The third-order valence-corrected chi connectivity index (χ3v) is 10.2. The van der Waals surface area contributed by atoms with Gasteiger partial charge in [0.1, 0.15) is 11.5 Å². The van der Waals surface area contributed by atoms with Crippen molar-refractivity contribution in [2.75, 3.05) is 26.1 Å². The molecule has 2 aromatic carbocycles. The minimum Gasteiger partial charge on any atom is -0.497 e. The van der Waals surface area contributed by atoms with Crippen LogP contribution in [0.25, 0.3) is 11.3 Å².